The fourth-order valence-corrected chi connectivity index (χ4v) is 8.46. The Bertz CT molecular complexity index is 2020. The van der Waals surface area contributed by atoms with E-state index in [2.05, 4.69) is 22.8 Å². The van der Waals surface area contributed by atoms with E-state index in [1.54, 1.807) is 0 Å². The average molecular weight is 833 g/mol. The number of rotatable bonds is 20. The highest BCUT2D eigenvalue weighted by Crippen LogP contribution is 2.34. The lowest BCUT2D eigenvalue weighted by Crippen LogP contribution is -2.50. The molecular weight excluding hydrogens is 773 g/mol. The zero-order valence-corrected chi connectivity index (χ0v) is 36.8. The molecule has 2 N–H and O–H groups in total. The predicted molar refractivity (Wildman–Crippen MR) is 246 cm³/mol. The van der Waals surface area contributed by atoms with E-state index < -0.39 is 36.6 Å². The molecular formula is C54H60N2O6. The van der Waals surface area contributed by atoms with Gasteiger partial charge in [-0.15, -0.1) is 0 Å². The minimum absolute atomic E-state index is 0.133. The van der Waals surface area contributed by atoms with Crippen molar-refractivity contribution in [2.75, 3.05) is 13.1 Å². The van der Waals surface area contributed by atoms with Gasteiger partial charge in [0.2, 0.25) is 12.6 Å². The number of benzene rings is 6. The van der Waals surface area contributed by atoms with E-state index in [9.17, 15) is 9.59 Å². The van der Waals surface area contributed by atoms with Crippen LogP contribution in [-0.2, 0) is 41.8 Å². The van der Waals surface area contributed by atoms with E-state index in [0.717, 1.165) is 55.6 Å². The molecule has 8 nitrogen and oxygen atoms in total. The van der Waals surface area contributed by atoms with Crippen molar-refractivity contribution in [3.05, 3.63) is 213 Å². The molecule has 4 atom stereocenters. The van der Waals surface area contributed by atoms with Crippen molar-refractivity contribution in [1.82, 2.24) is 10.6 Å². The van der Waals surface area contributed by atoms with Crippen LogP contribution < -0.4 is 10.6 Å². The molecule has 6 rings (SSSR count). The van der Waals surface area contributed by atoms with Crippen LogP contribution in [0.3, 0.4) is 0 Å². The Balaban J connectivity index is 1.37. The van der Waals surface area contributed by atoms with Gasteiger partial charge in [-0.3, -0.25) is 0 Å². The maximum Gasteiger partial charge on any atom is 0.419 e. The van der Waals surface area contributed by atoms with Crippen LogP contribution in [0, 0.1) is 27.7 Å². The summed E-state index contributed by atoms with van der Waals surface area (Å²) in [4.78, 5) is 28.8. The first-order chi connectivity index (χ1) is 30.1. The number of ether oxygens (including phenoxy) is 4. The minimum atomic E-state index is -1.22. The van der Waals surface area contributed by atoms with Crippen LogP contribution in [0.5, 0.6) is 0 Å². The molecule has 6 aromatic rings. The molecule has 0 aromatic heterocycles. The molecule has 0 bridgehead atoms. The van der Waals surface area contributed by atoms with Crippen molar-refractivity contribution in [2.45, 2.75) is 91.3 Å². The molecule has 0 fully saturated rings. The lowest BCUT2D eigenvalue weighted by atomic mass is 9.84. The molecule has 0 spiro atoms. The van der Waals surface area contributed by atoms with Crippen molar-refractivity contribution >= 4 is 11.9 Å². The quantitative estimate of drug-likeness (QED) is 0.0446. The van der Waals surface area contributed by atoms with Gasteiger partial charge in [-0.1, -0.05) is 194 Å². The minimum Gasteiger partial charge on any atom is -0.426 e. The van der Waals surface area contributed by atoms with E-state index in [1.165, 1.54) is 0 Å². The summed E-state index contributed by atoms with van der Waals surface area (Å²) in [5.74, 6) is -3.03. The van der Waals surface area contributed by atoms with Crippen molar-refractivity contribution in [2.24, 2.45) is 0 Å². The maximum atomic E-state index is 14.4. The number of carbonyl (C=O) groups is 2. The maximum absolute atomic E-state index is 14.4. The third kappa shape index (κ3) is 12.6. The Morgan fingerprint density at radius 2 is 0.710 bits per heavy atom. The van der Waals surface area contributed by atoms with E-state index in [-0.39, 0.29) is 25.0 Å². The molecule has 62 heavy (non-hydrogen) atoms. The van der Waals surface area contributed by atoms with Crippen molar-refractivity contribution in [3.63, 3.8) is 0 Å². The van der Waals surface area contributed by atoms with Gasteiger partial charge in [0.25, 0.3) is 0 Å². The van der Waals surface area contributed by atoms with Gasteiger partial charge in [-0.05, 0) is 74.2 Å². The number of esters is 2. The number of likely N-dealkylation sites (N-methyl/N-ethyl adjacent to an activating group) is 2. The summed E-state index contributed by atoms with van der Waals surface area (Å²) in [6.07, 6.45) is -2.44. The first-order valence-electron chi connectivity index (χ1n) is 21.6. The summed E-state index contributed by atoms with van der Waals surface area (Å²) in [5.41, 5.74) is 10.1. The fourth-order valence-electron chi connectivity index (χ4n) is 8.46. The topological polar surface area (TPSA) is 95.1 Å². The summed E-state index contributed by atoms with van der Waals surface area (Å²) in [5, 5.41) is 7.14. The van der Waals surface area contributed by atoms with Gasteiger partial charge in [-0.25, -0.2) is 9.59 Å². The average Bonchev–Trinajstić information content (AvgIpc) is 3.27. The zero-order valence-electron chi connectivity index (χ0n) is 36.8. The van der Waals surface area contributed by atoms with E-state index in [4.69, 9.17) is 18.9 Å². The van der Waals surface area contributed by atoms with E-state index >= 15 is 0 Å². The number of hydrogen-bond donors (Lipinski definition) is 2. The molecule has 322 valence electrons. The van der Waals surface area contributed by atoms with Crippen LogP contribution in [0.4, 0.5) is 0 Å². The standard InChI is InChI=1S/C54H60N2O6/c1-7-55-49(47(43-21-13-9-14-22-43)44-23-15-10-16-24-44)53(59-35-41-31-37(3)29-38(4)32-41)61-51(57)52(58)62-54(60-36-42-33-39(5)30-40(6)34-42)50(56-8-2)48(45-25-17-11-18-26-45)46-27-19-12-20-28-46/h9-34,47-50,53-56H,7-8,35-36H2,1-6H3. The Kier molecular flexibility index (Phi) is 16.8. The van der Waals surface area contributed by atoms with Gasteiger partial charge in [0.05, 0.1) is 25.3 Å². The molecule has 0 radical (unpaired) electrons. The Labute approximate surface area is 367 Å². The number of nitrogens with one attached hydrogen (secondary N) is 2. The van der Waals surface area contributed by atoms with Crippen LogP contribution in [0.25, 0.3) is 0 Å². The van der Waals surface area contributed by atoms with Gasteiger partial charge in [-0.2, -0.15) is 0 Å². The highest BCUT2D eigenvalue weighted by Gasteiger charge is 2.40. The van der Waals surface area contributed by atoms with E-state index in [1.807, 2.05) is 187 Å². The van der Waals surface area contributed by atoms with Crippen LogP contribution in [0.2, 0.25) is 0 Å². The second kappa shape index (κ2) is 22.8. The fraction of sp³-hybridized carbons (Fsp3) is 0.296. The molecule has 0 saturated heterocycles. The Morgan fingerprint density at radius 3 is 0.968 bits per heavy atom. The van der Waals surface area contributed by atoms with Gasteiger partial charge in [0.1, 0.15) is 0 Å². The van der Waals surface area contributed by atoms with Crippen molar-refractivity contribution in [1.29, 1.82) is 0 Å². The molecule has 0 saturated carbocycles. The molecule has 0 aliphatic heterocycles. The largest absolute Gasteiger partial charge is 0.426 e. The summed E-state index contributed by atoms with van der Waals surface area (Å²) >= 11 is 0. The molecule has 4 unspecified atom stereocenters. The second-order valence-corrected chi connectivity index (χ2v) is 15.9. The molecule has 6 aromatic carbocycles. The summed E-state index contributed by atoms with van der Waals surface area (Å²) in [6, 6.07) is 51.3. The predicted octanol–water partition coefficient (Wildman–Crippen LogP) is 10.0. The summed E-state index contributed by atoms with van der Waals surface area (Å²) < 4.78 is 25.7. The number of hydrogen-bond acceptors (Lipinski definition) is 8. The number of carbonyl (C=O) groups excluding carboxylic acids is 2. The van der Waals surface area contributed by atoms with Gasteiger partial charge in [0, 0.05) is 11.8 Å². The Morgan fingerprint density at radius 1 is 0.435 bits per heavy atom. The zero-order chi connectivity index (χ0) is 43.8. The smallest absolute Gasteiger partial charge is 0.419 e. The lowest BCUT2D eigenvalue weighted by Gasteiger charge is -2.35. The van der Waals surface area contributed by atoms with Crippen LogP contribution >= 0.6 is 0 Å². The SMILES string of the molecule is CCNC(C(OCc1cc(C)cc(C)c1)OC(=O)C(=O)OC(OCc1cc(C)cc(C)c1)C(NCC)C(c1ccccc1)c1ccccc1)C(c1ccccc1)c1ccccc1. The second-order valence-electron chi connectivity index (χ2n) is 15.9. The number of aryl methyl sites for hydroxylation is 4. The lowest BCUT2D eigenvalue weighted by molar-refractivity contribution is -0.213. The first kappa shape index (κ1) is 45.6. The molecule has 0 heterocycles. The highest BCUT2D eigenvalue weighted by atomic mass is 16.7. The van der Waals surface area contributed by atoms with Gasteiger partial charge in [0.15, 0.2) is 0 Å². The highest BCUT2D eigenvalue weighted by molar-refractivity contribution is 6.29. The normalized spacial score (nSPS) is 13.4. The van der Waals surface area contributed by atoms with Crippen LogP contribution in [0.1, 0.15) is 81.3 Å². The van der Waals surface area contributed by atoms with Gasteiger partial charge < -0.3 is 29.6 Å². The summed E-state index contributed by atoms with van der Waals surface area (Å²) in [6.45, 7) is 13.4. The molecule has 0 aliphatic rings. The van der Waals surface area contributed by atoms with E-state index in [0.29, 0.717) is 13.1 Å². The summed E-state index contributed by atoms with van der Waals surface area (Å²) in [7, 11) is 0. The first-order valence-corrected chi connectivity index (χ1v) is 21.6. The third-order valence-corrected chi connectivity index (χ3v) is 10.8. The molecule has 0 aliphatic carbocycles. The third-order valence-electron chi connectivity index (χ3n) is 10.8. The Hall–Kier alpha value is -5.90. The van der Waals surface area contributed by atoms with Gasteiger partial charge >= 0.3 is 11.9 Å². The molecule has 0 amide bonds. The van der Waals surface area contributed by atoms with Crippen LogP contribution in [0.15, 0.2) is 158 Å². The van der Waals surface area contributed by atoms with Crippen molar-refractivity contribution in [3.8, 4) is 0 Å². The van der Waals surface area contributed by atoms with Crippen LogP contribution in [-0.4, -0.2) is 49.7 Å². The monoisotopic (exact) mass is 832 g/mol. The molecule has 8 heteroatoms. The van der Waals surface area contributed by atoms with Crippen molar-refractivity contribution < 1.29 is 28.5 Å².